The summed E-state index contributed by atoms with van der Waals surface area (Å²) in [5, 5.41) is 4.52. The van der Waals surface area contributed by atoms with E-state index in [1.165, 1.54) is 0 Å². The molecule has 1 aromatic heterocycles. The van der Waals surface area contributed by atoms with Crippen molar-refractivity contribution in [2.75, 3.05) is 0 Å². The van der Waals surface area contributed by atoms with Crippen LogP contribution in [0, 0.1) is 6.92 Å². The molecule has 1 aromatic carbocycles. The van der Waals surface area contributed by atoms with Crippen LogP contribution in [0.2, 0.25) is 0 Å². The standard InChI is InChI=1S/C9H7NO2/c1-6-2-7(5-11)3-8-4-10-12-9(6)8/h2-5H,1H3. The molecule has 1 heterocycles. The summed E-state index contributed by atoms with van der Waals surface area (Å²) in [5.74, 6) is 0. The lowest BCUT2D eigenvalue weighted by Crippen LogP contribution is -1.81. The average molecular weight is 161 g/mol. The molecule has 3 nitrogen and oxygen atoms in total. The number of hydrogen-bond donors (Lipinski definition) is 0. The molecule has 0 atom stereocenters. The van der Waals surface area contributed by atoms with Gasteiger partial charge in [-0.15, -0.1) is 0 Å². The van der Waals surface area contributed by atoms with E-state index >= 15 is 0 Å². The van der Waals surface area contributed by atoms with Crippen LogP contribution in [0.3, 0.4) is 0 Å². The summed E-state index contributed by atoms with van der Waals surface area (Å²) < 4.78 is 4.98. The number of rotatable bonds is 1. The highest BCUT2D eigenvalue weighted by molar-refractivity contribution is 5.87. The van der Waals surface area contributed by atoms with Crippen LogP contribution in [0.5, 0.6) is 0 Å². The number of nitrogens with zero attached hydrogens (tertiary/aromatic N) is 1. The number of aryl methyl sites for hydroxylation is 1. The first kappa shape index (κ1) is 7.03. The SMILES string of the molecule is Cc1cc(C=O)cc2cnoc12. The highest BCUT2D eigenvalue weighted by Crippen LogP contribution is 2.18. The Morgan fingerprint density at radius 1 is 1.50 bits per heavy atom. The summed E-state index contributed by atoms with van der Waals surface area (Å²) in [7, 11) is 0. The minimum absolute atomic E-state index is 0.656. The first-order chi connectivity index (χ1) is 5.81. The molecule has 0 aliphatic heterocycles. The highest BCUT2D eigenvalue weighted by atomic mass is 16.5. The van der Waals surface area contributed by atoms with Crippen molar-refractivity contribution in [2.24, 2.45) is 0 Å². The molecule has 0 radical (unpaired) electrons. The van der Waals surface area contributed by atoms with Gasteiger partial charge < -0.3 is 4.52 Å². The molecule has 2 rings (SSSR count). The van der Waals surface area contributed by atoms with Crippen molar-refractivity contribution in [3.63, 3.8) is 0 Å². The zero-order chi connectivity index (χ0) is 8.55. The molecule has 0 amide bonds. The van der Waals surface area contributed by atoms with Gasteiger partial charge in [0.15, 0.2) is 5.58 Å². The molecule has 12 heavy (non-hydrogen) atoms. The Morgan fingerprint density at radius 3 is 3.08 bits per heavy atom. The van der Waals surface area contributed by atoms with Crippen molar-refractivity contribution in [1.82, 2.24) is 5.16 Å². The summed E-state index contributed by atoms with van der Waals surface area (Å²) in [6.07, 6.45) is 2.43. The molecule has 0 unspecified atom stereocenters. The van der Waals surface area contributed by atoms with Crippen molar-refractivity contribution in [1.29, 1.82) is 0 Å². The van der Waals surface area contributed by atoms with Crippen LogP contribution in [0.1, 0.15) is 15.9 Å². The van der Waals surface area contributed by atoms with Crippen LogP contribution in [0.25, 0.3) is 11.0 Å². The predicted octanol–water partition coefficient (Wildman–Crippen LogP) is 1.95. The Hall–Kier alpha value is -1.64. The number of hydrogen-bond acceptors (Lipinski definition) is 3. The summed E-state index contributed by atoms with van der Waals surface area (Å²) in [6.45, 7) is 1.89. The van der Waals surface area contributed by atoms with Crippen LogP contribution in [0.15, 0.2) is 22.9 Å². The highest BCUT2D eigenvalue weighted by Gasteiger charge is 2.03. The molecule has 2 aromatic rings. The van der Waals surface area contributed by atoms with Gasteiger partial charge >= 0.3 is 0 Å². The molecular formula is C9H7NO2. The fraction of sp³-hybridized carbons (Fsp3) is 0.111. The third-order valence-electron chi connectivity index (χ3n) is 1.80. The van der Waals surface area contributed by atoms with E-state index in [2.05, 4.69) is 5.16 Å². The Bertz CT molecular complexity index is 431. The molecule has 0 fully saturated rings. The second-order valence-corrected chi connectivity index (χ2v) is 2.70. The number of aldehydes is 1. The Labute approximate surface area is 69.0 Å². The van der Waals surface area contributed by atoms with Gasteiger partial charge in [0.1, 0.15) is 6.29 Å². The van der Waals surface area contributed by atoms with E-state index in [0.717, 1.165) is 22.8 Å². The maximum atomic E-state index is 10.5. The number of carbonyl (C=O) groups is 1. The third kappa shape index (κ3) is 0.906. The zero-order valence-corrected chi connectivity index (χ0v) is 6.57. The largest absolute Gasteiger partial charge is 0.356 e. The number of benzene rings is 1. The minimum Gasteiger partial charge on any atom is -0.356 e. The smallest absolute Gasteiger partial charge is 0.169 e. The van der Waals surface area contributed by atoms with Gasteiger partial charge in [0.25, 0.3) is 0 Å². The normalized spacial score (nSPS) is 10.4. The molecule has 60 valence electrons. The molecule has 0 saturated carbocycles. The van der Waals surface area contributed by atoms with Crippen molar-refractivity contribution < 1.29 is 9.32 Å². The first-order valence-corrected chi connectivity index (χ1v) is 3.61. The van der Waals surface area contributed by atoms with Crippen LogP contribution in [-0.2, 0) is 0 Å². The molecule has 0 saturated heterocycles. The van der Waals surface area contributed by atoms with E-state index in [9.17, 15) is 4.79 Å². The third-order valence-corrected chi connectivity index (χ3v) is 1.80. The average Bonchev–Trinajstić information content (AvgIpc) is 2.52. The van der Waals surface area contributed by atoms with Crippen LogP contribution >= 0.6 is 0 Å². The Kier molecular flexibility index (Phi) is 1.43. The number of aromatic nitrogens is 1. The lowest BCUT2D eigenvalue weighted by Gasteiger charge is -1.93. The van der Waals surface area contributed by atoms with Gasteiger partial charge in [-0.2, -0.15) is 0 Å². The topological polar surface area (TPSA) is 43.1 Å². The van der Waals surface area contributed by atoms with Gasteiger partial charge in [0.05, 0.1) is 6.20 Å². The quantitative estimate of drug-likeness (QED) is 0.600. The van der Waals surface area contributed by atoms with Crippen molar-refractivity contribution in [3.8, 4) is 0 Å². The maximum Gasteiger partial charge on any atom is 0.169 e. The summed E-state index contributed by atoms with van der Waals surface area (Å²) in [6, 6.07) is 3.53. The molecule has 0 aliphatic carbocycles. The van der Waals surface area contributed by atoms with Crippen molar-refractivity contribution in [2.45, 2.75) is 6.92 Å². The van der Waals surface area contributed by atoms with Gasteiger partial charge in [-0.1, -0.05) is 5.16 Å². The molecular weight excluding hydrogens is 154 g/mol. The minimum atomic E-state index is 0.656. The van der Waals surface area contributed by atoms with Gasteiger partial charge in [0, 0.05) is 10.9 Å². The molecule has 0 aliphatic rings. The van der Waals surface area contributed by atoms with Crippen LogP contribution in [0.4, 0.5) is 0 Å². The van der Waals surface area contributed by atoms with Gasteiger partial charge in [-0.05, 0) is 24.6 Å². The first-order valence-electron chi connectivity index (χ1n) is 3.61. The monoisotopic (exact) mass is 161 g/mol. The maximum absolute atomic E-state index is 10.5. The van der Waals surface area contributed by atoms with Crippen molar-refractivity contribution >= 4 is 17.3 Å². The van der Waals surface area contributed by atoms with E-state index in [1.807, 2.05) is 6.92 Å². The lowest BCUT2D eigenvalue weighted by atomic mass is 10.1. The second-order valence-electron chi connectivity index (χ2n) is 2.70. The fourth-order valence-electron chi connectivity index (χ4n) is 1.25. The summed E-state index contributed by atoms with van der Waals surface area (Å²) in [4.78, 5) is 10.5. The van der Waals surface area contributed by atoms with Crippen LogP contribution in [-0.4, -0.2) is 11.4 Å². The number of fused-ring (bicyclic) bond motifs is 1. The molecule has 0 spiro atoms. The van der Waals surface area contributed by atoms with Crippen LogP contribution < -0.4 is 0 Å². The lowest BCUT2D eigenvalue weighted by molar-refractivity contribution is 0.112. The van der Waals surface area contributed by atoms with E-state index < -0.39 is 0 Å². The predicted molar refractivity (Wildman–Crippen MR) is 44.1 cm³/mol. The summed E-state index contributed by atoms with van der Waals surface area (Å²) in [5.41, 5.74) is 2.34. The Balaban J connectivity index is 2.83. The van der Waals surface area contributed by atoms with Gasteiger partial charge in [-0.3, -0.25) is 4.79 Å². The van der Waals surface area contributed by atoms with E-state index in [1.54, 1.807) is 18.3 Å². The zero-order valence-electron chi connectivity index (χ0n) is 6.57. The van der Waals surface area contributed by atoms with Gasteiger partial charge in [0.2, 0.25) is 0 Å². The van der Waals surface area contributed by atoms with E-state index in [4.69, 9.17) is 4.52 Å². The number of carbonyl (C=O) groups excluding carboxylic acids is 1. The van der Waals surface area contributed by atoms with E-state index in [-0.39, 0.29) is 0 Å². The molecule has 0 bridgehead atoms. The molecule has 0 N–H and O–H groups in total. The van der Waals surface area contributed by atoms with Gasteiger partial charge in [-0.25, -0.2) is 0 Å². The Morgan fingerprint density at radius 2 is 2.33 bits per heavy atom. The second kappa shape index (κ2) is 2.44. The van der Waals surface area contributed by atoms with Crippen molar-refractivity contribution in [3.05, 3.63) is 29.5 Å². The molecule has 3 heteroatoms. The fourth-order valence-corrected chi connectivity index (χ4v) is 1.25. The summed E-state index contributed by atoms with van der Waals surface area (Å²) >= 11 is 0. The van der Waals surface area contributed by atoms with E-state index in [0.29, 0.717) is 5.56 Å².